The van der Waals surface area contributed by atoms with Gasteiger partial charge in [-0.05, 0) is 45.6 Å². The number of hydrogen-bond acceptors (Lipinski definition) is 2. The van der Waals surface area contributed by atoms with Crippen molar-refractivity contribution in [2.75, 3.05) is 14.1 Å². The topological polar surface area (TPSA) is 16.4 Å². The highest BCUT2D eigenvalue weighted by Gasteiger charge is 2.03. The minimum Gasteiger partial charge on any atom is -0.460 e. The first-order chi connectivity index (χ1) is 6.13. The van der Waals surface area contributed by atoms with Crippen molar-refractivity contribution < 1.29 is 4.42 Å². The van der Waals surface area contributed by atoms with Crippen LogP contribution in [-0.2, 0) is 6.54 Å². The Morgan fingerprint density at radius 2 is 2.15 bits per heavy atom. The summed E-state index contributed by atoms with van der Waals surface area (Å²) in [4.78, 5) is 2.09. The third-order valence-electron chi connectivity index (χ3n) is 1.96. The van der Waals surface area contributed by atoms with E-state index in [1.54, 1.807) is 0 Å². The average Bonchev–Trinajstić information content (AvgIpc) is 2.50. The molecule has 0 fully saturated rings. The Balaban J connectivity index is 2.75. The van der Waals surface area contributed by atoms with Gasteiger partial charge in [-0.3, -0.25) is 0 Å². The molecule has 0 radical (unpaired) electrons. The Morgan fingerprint density at radius 1 is 1.46 bits per heavy atom. The fraction of sp³-hybridized carbons (Fsp3) is 0.455. The zero-order valence-electron chi connectivity index (χ0n) is 8.79. The lowest BCUT2D eigenvalue weighted by Crippen LogP contribution is -2.09. The Hall–Kier alpha value is -1.02. The number of hydrogen-bond donors (Lipinski definition) is 0. The van der Waals surface area contributed by atoms with Gasteiger partial charge in [-0.2, -0.15) is 0 Å². The van der Waals surface area contributed by atoms with Crippen molar-refractivity contribution in [2.45, 2.75) is 20.4 Å². The molecule has 0 amide bonds. The molecule has 1 aromatic heterocycles. The standard InChI is InChI=1S/C11H17NO/c1-5-9(2)11-7-6-10(13-11)8-12(3)4/h5-7H,8H2,1-4H3/b9-5+. The van der Waals surface area contributed by atoms with E-state index in [1.165, 1.54) is 5.57 Å². The average molecular weight is 179 g/mol. The summed E-state index contributed by atoms with van der Waals surface area (Å²) in [7, 11) is 4.06. The molecule has 0 unspecified atom stereocenters. The fourth-order valence-corrected chi connectivity index (χ4v) is 1.13. The predicted octanol–water partition coefficient (Wildman–Crippen LogP) is 2.76. The van der Waals surface area contributed by atoms with Gasteiger partial charge in [0.05, 0.1) is 6.54 Å². The van der Waals surface area contributed by atoms with Crippen molar-refractivity contribution in [3.8, 4) is 0 Å². The molecule has 0 saturated heterocycles. The highest BCUT2D eigenvalue weighted by Crippen LogP contribution is 2.17. The minimum atomic E-state index is 0.858. The van der Waals surface area contributed by atoms with Crippen LogP contribution in [0.15, 0.2) is 22.6 Å². The molecular weight excluding hydrogens is 162 g/mol. The van der Waals surface area contributed by atoms with E-state index in [0.717, 1.165) is 18.1 Å². The van der Waals surface area contributed by atoms with Crippen LogP contribution < -0.4 is 0 Å². The normalized spacial score (nSPS) is 12.5. The molecule has 0 saturated carbocycles. The van der Waals surface area contributed by atoms with Gasteiger partial charge in [0.1, 0.15) is 11.5 Å². The Kier molecular flexibility index (Phi) is 3.32. The molecule has 1 heterocycles. The van der Waals surface area contributed by atoms with E-state index in [0.29, 0.717) is 0 Å². The molecule has 13 heavy (non-hydrogen) atoms. The van der Waals surface area contributed by atoms with Crippen molar-refractivity contribution in [3.63, 3.8) is 0 Å². The fourth-order valence-electron chi connectivity index (χ4n) is 1.13. The van der Waals surface area contributed by atoms with E-state index in [9.17, 15) is 0 Å². The number of nitrogens with zero attached hydrogens (tertiary/aromatic N) is 1. The highest BCUT2D eigenvalue weighted by molar-refractivity contribution is 5.58. The van der Waals surface area contributed by atoms with Crippen LogP contribution >= 0.6 is 0 Å². The molecule has 0 aromatic carbocycles. The maximum atomic E-state index is 5.64. The van der Waals surface area contributed by atoms with Gasteiger partial charge in [0.25, 0.3) is 0 Å². The molecule has 2 heteroatoms. The summed E-state index contributed by atoms with van der Waals surface area (Å²) in [6.45, 7) is 4.93. The molecule has 72 valence electrons. The third-order valence-corrected chi connectivity index (χ3v) is 1.96. The molecule has 0 atom stereocenters. The second-order valence-electron chi connectivity index (χ2n) is 3.48. The lowest BCUT2D eigenvalue weighted by atomic mass is 10.2. The van der Waals surface area contributed by atoms with Crippen molar-refractivity contribution in [1.29, 1.82) is 0 Å². The van der Waals surface area contributed by atoms with Crippen LogP contribution in [0.4, 0.5) is 0 Å². The Morgan fingerprint density at radius 3 is 2.69 bits per heavy atom. The summed E-state index contributed by atoms with van der Waals surface area (Å²) in [5.41, 5.74) is 1.19. The molecule has 0 bridgehead atoms. The Labute approximate surface area is 79.9 Å². The lowest BCUT2D eigenvalue weighted by molar-refractivity contribution is 0.348. The van der Waals surface area contributed by atoms with Crippen molar-refractivity contribution in [3.05, 3.63) is 29.7 Å². The number of rotatable bonds is 3. The van der Waals surface area contributed by atoms with Gasteiger partial charge in [0.2, 0.25) is 0 Å². The van der Waals surface area contributed by atoms with Gasteiger partial charge in [-0.1, -0.05) is 6.08 Å². The zero-order valence-corrected chi connectivity index (χ0v) is 8.79. The molecular formula is C11H17NO. The first-order valence-corrected chi connectivity index (χ1v) is 4.50. The van der Waals surface area contributed by atoms with Crippen molar-refractivity contribution >= 4 is 5.57 Å². The monoisotopic (exact) mass is 179 g/mol. The van der Waals surface area contributed by atoms with E-state index in [4.69, 9.17) is 4.42 Å². The smallest absolute Gasteiger partial charge is 0.129 e. The SMILES string of the molecule is C/C=C(\C)c1ccc(CN(C)C)o1. The van der Waals surface area contributed by atoms with Gasteiger partial charge in [-0.25, -0.2) is 0 Å². The lowest BCUT2D eigenvalue weighted by Gasteiger charge is -2.05. The quantitative estimate of drug-likeness (QED) is 0.709. The second kappa shape index (κ2) is 4.28. The van der Waals surface area contributed by atoms with Crippen LogP contribution in [0.2, 0.25) is 0 Å². The van der Waals surface area contributed by atoms with E-state index >= 15 is 0 Å². The highest BCUT2D eigenvalue weighted by atomic mass is 16.3. The van der Waals surface area contributed by atoms with Gasteiger partial charge in [-0.15, -0.1) is 0 Å². The second-order valence-corrected chi connectivity index (χ2v) is 3.48. The summed E-state index contributed by atoms with van der Waals surface area (Å²) in [5.74, 6) is 1.99. The first-order valence-electron chi connectivity index (χ1n) is 4.50. The molecule has 0 N–H and O–H groups in total. The van der Waals surface area contributed by atoms with E-state index in [2.05, 4.69) is 17.9 Å². The summed E-state index contributed by atoms with van der Waals surface area (Å²) >= 11 is 0. The maximum Gasteiger partial charge on any atom is 0.129 e. The molecule has 2 nitrogen and oxygen atoms in total. The number of allylic oxidation sites excluding steroid dienone is 2. The Bertz CT molecular complexity index is 297. The summed E-state index contributed by atoms with van der Waals surface area (Å²) in [5, 5.41) is 0. The van der Waals surface area contributed by atoms with Crippen molar-refractivity contribution in [1.82, 2.24) is 4.90 Å². The molecule has 1 rings (SSSR count). The summed E-state index contributed by atoms with van der Waals surface area (Å²) in [6, 6.07) is 4.05. The largest absolute Gasteiger partial charge is 0.460 e. The molecule has 0 aliphatic carbocycles. The van der Waals surface area contributed by atoms with Gasteiger partial charge >= 0.3 is 0 Å². The van der Waals surface area contributed by atoms with Gasteiger partial charge in [0.15, 0.2) is 0 Å². The van der Waals surface area contributed by atoms with Crippen molar-refractivity contribution in [2.24, 2.45) is 0 Å². The van der Waals surface area contributed by atoms with E-state index < -0.39 is 0 Å². The summed E-state index contributed by atoms with van der Waals surface area (Å²) in [6.07, 6.45) is 2.05. The predicted molar refractivity (Wildman–Crippen MR) is 55.4 cm³/mol. The molecule has 0 aliphatic heterocycles. The molecule has 1 aromatic rings. The van der Waals surface area contributed by atoms with Crippen LogP contribution in [0.1, 0.15) is 25.4 Å². The van der Waals surface area contributed by atoms with Crippen LogP contribution in [0.5, 0.6) is 0 Å². The minimum absolute atomic E-state index is 0.858. The van der Waals surface area contributed by atoms with Gasteiger partial charge in [0, 0.05) is 0 Å². The van der Waals surface area contributed by atoms with Crippen LogP contribution in [0.3, 0.4) is 0 Å². The van der Waals surface area contributed by atoms with E-state index in [-0.39, 0.29) is 0 Å². The molecule has 0 aliphatic rings. The summed E-state index contributed by atoms with van der Waals surface area (Å²) < 4.78 is 5.64. The van der Waals surface area contributed by atoms with Crippen LogP contribution in [0, 0.1) is 0 Å². The van der Waals surface area contributed by atoms with Crippen LogP contribution in [0.25, 0.3) is 5.57 Å². The van der Waals surface area contributed by atoms with Crippen LogP contribution in [-0.4, -0.2) is 19.0 Å². The van der Waals surface area contributed by atoms with Gasteiger partial charge < -0.3 is 9.32 Å². The maximum absolute atomic E-state index is 5.64. The molecule has 0 spiro atoms. The number of furan rings is 1. The first kappa shape index (κ1) is 10.1. The zero-order chi connectivity index (χ0) is 9.84. The third kappa shape index (κ3) is 2.74. The van der Waals surface area contributed by atoms with E-state index in [1.807, 2.05) is 33.2 Å².